The monoisotopic (exact) mass is 259 g/mol. The first kappa shape index (κ1) is 11.8. The van der Waals surface area contributed by atoms with E-state index in [0.717, 1.165) is 10.2 Å². The lowest BCUT2D eigenvalue weighted by Gasteiger charge is -2.00. The molecule has 0 unspecified atom stereocenters. The average molecular weight is 259 g/mol. The maximum absolute atomic E-state index is 8.68. The molecule has 0 atom stereocenters. The van der Waals surface area contributed by atoms with Gasteiger partial charge in [-0.05, 0) is 18.2 Å². The van der Waals surface area contributed by atoms with E-state index in [1.165, 1.54) is 11.3 Å². The third kappa shape index (κ3) is 2.36. The number of hydrogen-bond acceptors (Lipinski definition) is 7. The smallest absolute Gasteiger partial charge is 0.201 e. The summed E-state index contributed by atoms with van der Waals surface area (Å²) < 4.78 is 0.967. The number of anilines is 2. The van der Waals surface area contributed by atoms with Gasteiger partial charge in [-0.3, -0.25) is 10.8 Å². The molecule has 0 fully saturated rings. The van der Waals surface area contributed by atoms with E-state index in [-0.39, 0.29) is 11.5 Å². The van der Waals surface area contributed by atoms with Crippen LogP contribution in [0.3, 0.4) is 0 Å². The highest BCUT2D eigenvalue weighted by molar-refractivity contribution is 7.22. The number of rotatable bonds is 3. The number of nitrogens with one attached hydrogen (secondary N) is 2. The number of fused-ring (bicyclic) bond motifs is 1. The Bertz CT molecular complexity index is 679. The molecule has 0 spiro atoms. The van der Waals surface area contributed by atoms with Crippen molar-refractivity contribution >= 4 is 43.9 Å². The fourth-order valence-electron chi connectivity index (χ4n) is 1.28. The number of thiazole rings is 1. The highest BCUT2D eigenvalue weighted by Gasteiger charge is 2.03. The predicted molar refractivity (Wildman–Crippen MR) is 72.6 cm³/mol. The lowest BCUT2D eigenvalue weighted by atomic mass is 10.3. The van der Waals surface area contributed by atoms with Gasteiger partial charge in [0.2, 0.25) is 5.71 Å². The van der Waals surface area contributed by atoms with Gasteiger partial charge in [0.15, 0.2) is 11.0 Å². The molecule has 0 amide bonds. The lowest BCUT2D eigenvalue weighted by molar-refractivity contribution is 1.34. The fourth-order valence-corrected chi connectivity index (χ4v) is 2.00. The second-order valence-electron chi connectivity index (χ2n) is 3.33. The molecule has 1 aromatic carbocycles. The van der Waals surface area contributed by atoms with Gasteiger partial charge >= 0.3 is 0 Å². The van der Waals surface area contributed by atoms with Gasteiger partial charge in [0.25, 0.3) is 0 Å². The minimum atomic E-state index is -0.385. The number of nitrogen functional groups attached to an aromatic ring is 1. The first-order valence-electron chi connectivity index (χ1n) is 4.84. The molecule has 2 aromatic rings. The van der Waals surface area contributed by atoms with E-state index in [1.54, 1.807) is 18.2 Å². The van der Waals surface area contributed by atoms with Gasteiger partial charge in [0.05, 0.1) is 15.9 Å². The summed E-state index contributed by atoms with van der Waals surface area (Å²) in [6.07, 6.45) is 0. The largest absolute Gasteiger partial charge is 0.382 e. The van der Waals surface area contributed by atoms with E-state index in [4.69, 9.17) is 22.1 Å². The molecular weight excluding hydrogens is 250 g/mol. The van der Waals surface area contributed by atoms with Crippen molar-refractivity contribution in [3.8, 4) is 6.07 Å². The first-order chi connectivity index (χ1) is 8.60. The molecule has 1 aromatic heterocycles. The van der Waals surface area contributed by atoms with Crippen molar-refractivity contribution in [2.45, 2.75) is 0 Å². The molecule has 8 heteroatoms. The molecule has 2 rings (SSSR count). The summed E-state index contributed by atoms with van der Waals surface area (Å²) in [5.41, 5.74) is 14.6. The molecule has 18 heavy (non-hydrogen) atoms. The Morgan fingerprint density at radius 3 is 3.00 bits per heavy atom. The van der Waals surface area contributed by atoms with E-state index in [0.29, 0.717) is 10.8 Å². The van der Waals surface area contributed by atoms with Crippen molar-refractivity contribution in [3.05, 3.63) is 18.2 Å². The Balaban J connectivity index is 2.27. The zero-order valence-electron chi connectivity index (χ0n) is 9.14. The molecule has 0 aliphatic carbocycles. The van der Waals surface area contributed by atoms with Crippen LogP contribution in [0.25, 0.3) is 10.2 Å². The second kappa shape index (κ2) is 4.68. The Hall–Kier alpha value is -2.66. The predicted octanol–water partition coefficient (Wildman–Crippen LogP) is 1.11. The zero-order chi connectivity index (χ0) is 13.1. The van der Waals surface area contributed by atoms with Crippen LogP contribution in [0.4, 0.5) is 10.8 Å². The molecule has 1 heterocycles. The highest BCUT2D eigenvalue weighted by Crippen LogP contribution is 2.26. The number of hydrogen-bond donors (Lipinski definition) is 4. The summed E-state index contributed by atoms with van der Waals surface area (Å²) in [6, 6.07) is 7.09. The fraction of sp³-hybridized carbons (Fsp3) is 0. The number of nitriles is 1. The van der Waals surface area contributed by atoms with Crippen LogP contribution < -0.4 is 16.9 Å². The van der Waals surface area contributed by atoms with Crippen LogP contribution in [0.15, 0.2) is 23.3 Å². The van der Waals surface area contributed by atoms with Gasteiger partial charge in [-0.25, -0.2) is 4.98 Å². The summed E-state index contributed by atoms with van der Waals surface area (Å²) in [4.78, 5) is 4.13. The van der Waals surface area contributed by atoms with Gasteiger partial charge in [0.1, 0.15) is 6.07 Å². The van der Waals surface area contributed by atoms with Crippen molar-refractivity contribution in [3.63, 3.8) is 0 Å². The number of nitrogens with zero attached hydrogens (tertiary/aromatic N) is 3. The van der Waals surface area contributed by atoms with Gasteiger partial charge < -0.3 is 11.5 Å². The standard InChI is InChI=1S/C10H9N7S/c11-4-7(9(12)13)17-16-5-1-2-8-6(3-5)15-10(14)18-8/h1-3,16H,(H3,12,13)(H2,14,15)/b17-7+. The summed E-state index contributed by atoms with van der Waals surface area (Å²) in [7, 11) is 0. The van der Waals surface area contributed by atoms with Gasteiger partial charge in [-0.15, -0.1) is 0 Å². The van der Waals surface area contributed by atoms with Crippen LogP contribution >= 0.6 is 11.3 Å². The van der Waals surface area contributed by atoms with Crippen molar-refractivity contribution in [2.75, 3.05) is 11.2 Å². The number of hydrazone groups is 1. The maximum atomic E-state index is 8.68. The molecule has 0 saturated carbocycles. The Kier molecular flexibility index (Phi) is 3.07. The number of benzene rings is 1. The normalized spacial score (nSPS) is 11.2. The lowest BCUT2D eigenvalue weighted by Crippen LogP contribution is -2.21. The van der Waals surface area contributed by atoms with Crippen LogP contribution in [0.2, 0.25) is 0 Å². The second-order valence-corrected chi connectivity index (χ2v) is 4.39. The van der Waals surface area contributed by atoms with Crippen molar-refractivity contribution in [1.29, 1.82) is 10.7 Å². The Labute approximate surface area is 106 Å². The van der Waals surface area contributed by atoms with Crippen LogP contribution in [-0.2, 0) is 0 Å². The topological polar surface area (TPSA) is 137 Å². The summed E-state index contributed by atoms with van der Waals surface area (Å²) >= 11 is 1.39. The molecule has 7 nitrogen and oxygen atoms in total. The highest BCUT2D eigenvalue weighted by atomic mass is 32.1. The van der Waals surface area contributed by atoms with E-state index >= 15 is 0 Å². The van der Waals surface area contributed by atoms with Crippen LogP contribution in [0.5, 0.6) is 0 Å². The summed E-state index contributed by atoms with van der Waals surface area (Å²) in [6.45, 7) is 0. The molecule has 0 bridgehead atoms. The van der Waals surface area contributed by atoms with E-state index in [1.807, 2.05) is 6.07 Å². The molecule has 0 aliphatic rings. The van der Waals surface area contributed by atoms with Crippen molar-refractivity contribution in [1.82, 2.24) is 4.98 Å². The van der Waals surface area contributed by atoms with E-state index in [9.17, 15) is 0 Å². The van der Waals surface area contributed by atoms with Gasteiger partial charge in [0, 0.05) is 0 Å². The molecule has 0 saturated heterocycles. The molecule has 90 valence electrons. The van der Waals surface area contributed by atoms with Crippen LogP contribution in [-0.4, -0.2) is 16.5 Å². The third-order valence-electron chi connectivity index (χ3n) is 2.06. The van der Waals surface area contributed by atoms with Crippen molar-refractivity contribution < 1.29 is 0 Å². The molecule has 0 aliphatic heterocycles. The Morgan fingerprint density at radius 2 is 2.33 bits per heavy atom. The average Bonchev–Trinajstić information content (AvgIpc) is 2.68. The SMILES string of the molecule is N#C/C(=N\Nc1ccc2sc(N)nc2c1)C(=N)N. The molecular formula is C10H9N7S. The van der Waals surface area contributed by atoms with Gasteiger partial charge in [-0.1, -0.05) is 11.3 Å². The van der Waals surface area contributed by atoms with E-state index in [2.05, 4.69) is 15.5 Å². The minimum Gasteiger partial charge on any atom is -0.382 e. The maximum Gasteiger partial charge on any atom is 0.201 e. The number of aromatic nitrogens is 1. The molecule has 6 N–H and O–H groups in total. The Morgan fingerprint density at radius 1 is 1.56 bits per heavy atom. The van der Waals surface area contributed by atoms with Crippen molar-refractivity contribution in [2.24, 2.45) is 10.8 Å². The number of nitrogens with two attached hydrogens (primary N) is 2. The zero-order valence-corrected chi connectivity index (χ0v) is 9.95. The van der Waals surface area contributed by atoms with Crippen LogP contribution in [0, 0.1) is 16.7 Å². The molecule has 0 radical (unpaired) electrons. The quantitative estimate of drug-likeness (QED) is 0.371. The van der Waals surface area contributed by atoms with E-state index < -0.39 is 0 Å². The number of amidine groups is 1. The minimum absolute atomic E-state index is 0.173. The first-order valence-corrected chi connectivity index (χ1v) is 5.66. The van der Waals surface area contributed by atoms with Gasteiger partial charge in [-0.2, -0.15) is 10.4 Å². The third-order valence-corrected chi connectivity index (χ3v) is 2.93. The van der Waals surface area contributed by atoms with Crippen LogP contribution in [0.1, 0.15) is 0 Å². The summed E-state index contributed by atoms with van der Waals surface area (Å²) in [5.74, 6) is -0.385. The summed E-state index contributed by atoms with van der Waals surface area (Å²) in [5, 5.41) is 20.0.